The van der Waals surface area contributed by atoms with E-state index in [0.717, 1.165) is 28.5 Å². The van der Waals surface area contributed by atoms with E-state index in [-0.39, 0.29) is 16.6 Å². The number of sulfonamides is 1. The molecule has 9 heteroatoms. The molecule has 2 atom stereocenters. The van der Waals surface area contributed by atoms with Crippen LogP contribution in [0.2, 0.25) is 0 Å². The summed E-state index contributed by atoms with van der Waals surface area (Å²) >= 11 is 0. The second-order valence-corrected chi connectivity index (χ2v) is 12.3. The Kier molecular flexibility index (Phi) is 9.25. The van der Waals surface area contributed by atoms with Crippen molar-refractivity contribution in [1.29, 1.82) is 0 Å². The number of anilines is 2. The lowest BCUT2D eigenvalue weighted by molar-refractivity contribution is -0.120. The third-order valence-electron chi connectivity index (χ3n) is 7.34. The summed E-state index contributed by atoms with van der Waals surface area (Å²) in [6, 6.07) is 19.3. The van der Waals surface area contributed by atoms with E-state index in [1.165, 1.54) is 44.9 Å². The van der Waals surface area contributed by atoms with Crippen LogP contribution in [0, 0.1) is 12.8 Å². The fourth-order valence-corrected chi connectivity index (χ4v) is 6.45. The van der Waals surface area contributed by atoms with Crippen LogP contribution >= 0.6 is 0 Å². The van der Waals surface area contributed by atoms with Gasteiger partial charge in [-0.1, -0.05) is 36.8 Å². The Morgan fingerprint density at radius 2 is 1.75 bits per heavy atom. The zero-order valence-electron chi connectivity index (χ0n) is 23.9. The molecule has 40 heavy (non-hydrogen) atoms. The standard InChI is InChI=1S/C31H39N3O5S/c1-22-8-15-28(16-9-22)40(36,37)34(29-19-27(38-4)14-17-30(29)39-5)21-31(35)32-24(3)25-10-12-26(13-11-25)33-18-6-7-23(2)20-33/h8-17,19,23-24H,6-7,18,20-21H2,1-5H3,(H,32,35). The second kappa shape index (κ2) is 12.6. The molecule has 1 heterocycles. The molecule has 0 saturated carbocycles. The van der Waals surface area contributed by atoms with Gasteiger partial charge in [0, 0.05) is 24.8 Å². The number of piperidine rings is 1. The Bertz CT molecular complexity index is 1410. The van der Waals surface area contributed by atoms with Crippen LogP contribution in [0.15, 0.2) is 71.6 Å². The monoisotopic (exact) mass is 565 g/mol. The molecule has 1 saturated heterocycles. The Morgan fingerprint density at radius 1 is 1.05 bits per heavy atom. The molecule has 4 rings (SSSR count). The third kappa shape index (κ3) is 6.70. The van der Waals surface area contributed by atoms with Gasteiger partial charge in [0.1, 0.15) is 18.0 Å². The van der Waals surface area contributed by atoms with Crippen LogP contribution in [0.25, 0.3) is 0 Å². The largest absolute Gasteiger partial charge is 0.497 e. The lowest BCUT2D eigenvalue weighted by Crippen LogP contribution is -2.41. The summed E-state index contributed by atoms with van der Waals surface area (Å²) in [7, 11) is -1.16. The van der Waals surface area contributed by atoms with Crippen LogP contribution in [-0.2, 0) is 14.8 Å². The number of amides is 1. The van der Waals surface area contributed by atoms with Gasteiger partial charge in [0.05, 0.1) is 30.8 Å². The Labute approximate surface area is 238 Å². The number of carbonyl (C=O) groups excluding carboxylic acids is 1. The average molecular weight is 566 g/mol. The van der Waals surface area contributed by atoms with Gasteiger partial charge in [-0.2, -0.15) is 0 Å². The second-order valence-electron chi connectivity index (χ2n) is 10.4. The summed E-state index contributed by atoms with van der Waals surface area (Å²) in [5.41, 5.74) is 3.26. The van der Waals surface area contributed by atoms with E-state index in [2.05, 4.69) is 29.3 Å². The van der Waals surface area contributed by atoms with Crippen molar-refractivity contribution in [3.05, 3.63) is 77.9 Å². The highest BCUT2D eigenvalue weighted by atomic mass is 32.2. The average Bonchev–Trinajstić information content (AvgIpc) is 2.95. The number of carbonyl (C=O) groups is 1. The number of hydrogen-bond donors (Lipinski definition) is 1. The van der Waals surface area contributed by atoms with E-state index in [1.807, 2.05) is 26.0 Å². The van der Waals surface area contributed by atoms with Crippen LogP contribution in [0.4, 0.5) is 11.4 Å². The molecule has 3 aromatic carbocycles. The molecule has 0 aliphatic carbocycles. The van der Waals surface area contributed by atoms with Gasteiger partial charge in [-0.05, 0) is 74.6 Å². The summed E-state index contributed by atoms with van der Waals surface area (Å²) < 4.78 is 39.6. The summed E-state index contributed by atoms with van der Waals surface area (Å²) in [6.45, 7) is 7.71. The zero-order valence-corrected chi connectivity index (χ0v) is 24.7. The predicted octanol–water partition coefficient (Wildman–Crippen LogP) is 5.32. The van der Waals surface area contributed by atoms with E-state index in [4.69, 9.17) is 9.47 Å². The van der Waals surface area contributed by atoms with Gasteiger partial charge < -0.3 is 19.7 Å². The minimum absolute atomic E-state index is 0.0754. The van der Waals surface area contributed by atoms with Crippen molar-refractivity contribution in [3.63, 3.8) is 0 Å². The summed E-state index contributed by atoms with van der Waals surface area (Å²) in [5, 5.41) is 2.97. The molecular formula is C31H39N3O5S. The van der Waals surface area contributed by atoms with Crippen LogP contribution in [-0.4, -0.2) is 48.2 Å². The fraction of sp³-hybridized carbons (Fsp3) is 0.387. The number of aryl methyl sites for hydroxylation is 1. The first-order valence-corrected chi connectivity index (χ1v) is 15.0. The maximum absolute atomic E-state index is 13.9. The van der Waals surface area contributed by atoms with Crippen LogP contribution in [0.5, 0.6) is 11.5 Å². The molecule has 0 bridgehead atoms. The van der Waals surface area contributed by atoms with Crippen molar-refractivity contribution in [1.82, 2.24) is 5.32 Å². The van der Waals surface area contributed by atoms with Gasteiger partial charge in [0.2, 0.25) is 5.91 Å². The minimum Gasteiger partial charge on any atom is -0.497 e. The molecule has 3 aromatic rings. The van der Waals surface area contributed by atoms with Gasteiger partial charge >= 0.3 is 0 Å². The molecule has 0 spiro atoms. The van der Waals surface area contributed by atoms with Crippen LogP contribution < -0.4 is 24.0 Å². The molecule has 1 aliphatic heterocycles. The van der Waals surface area contributed by atoms with E-state index < -0.39 is 22.5 Å². The lowest BCUT2D eigenvalue weighted by atomic mass is 9.99. The topological polar surface area (TPSA) is 88.2 Å². The summed E-state index contributed by atoms with van der Waals surface area (Å²) in [5.74, 6) is 0.979. The van der Waals surface area contributed by atoms with Gasteiger partial charge in [0.25, 0.3) is 10.0 Å². The summed E-state index contributed by atoms with van der Waals surface area (Å²) in [4.78, 5) is 15.8. The number of nitrogens with one attached hydrogen (secondary N) is 1. The van der Waals surface area contributed by atoms with Crippen LogP contribution in [0.3, 0.4) is 0 Å². The molecule has 1 amide bonds. The lowest BCUT2D eigenvalue weighted by Gasteiger charge is -2.33. The Morgan fingerprint density at radius 3 is 2.38 bits per heavy atom. The Balaban J connectivity index is 1.57. The molecule has 214 valence electrons. The van der Waals surface area contributed by atoms with E-state index in [0.29, 0.717) is 17.4 Å². The highest BCUT2D eigenvalue weighted by Crippen LogP contribution is 2.36. The molecule has 1 aliphatic rings. The van der Waals surface area contributed by atoms with Gasteiger partial charge in [-0.25, -0.2) is 8.42 Å². The van der Waals surface area contributed by atoms with Crippen LogP contribution in [0.1, 0.15) is 43.9 Å². The minimum atomic E-state index is -4.12. The van der Waals surface area contributed by atoms with Crippen molar-refractivity contribution in [2.24, 2.45) is 5.92 Å². The molecule has 1 fully saturated rings. The van der Waals surface area contributed by atoms with Gasteiger partial charge in [0.15, 0.2) is 0 Å². The predicted molar refractivity (Wildman–Crippen MR) is 159 cm³/mol. The van der Waals surface area contributed by atoms with Crippen molar-refractivity contribution < 1.29 is 22.7 Å². The number of ether oxygens (including phenoxy) is 2. The van der Waals surface area contributed by atoms with Crippen molar-refractivity contribution in [2.75, 3.05) is 43.1 Å². The van der Waals surface area contributed by atoms with Crippen molar-refractivity contribution >= 4 is 27.3 Å². The summed E-state index contributed by atoms with van der Waals surface area (Å²) in [6.07, 6.45) is 2.45. The fourth-order valence-electron chi connectivity index (χ4n) is 5.03. The number of rotatable bonds is 10. The molecule has 8 nitrogen and oxygen atoms in total. The third-order valence-corrected chi connectivity index (χ3v) is 9.12. The molecule has 0 radical (unpaired) electrons. The SMILES string of the molecule is COc1ccc(OC)c(N(CC(=O)NC(C)c2ccc(N3CCCC(C)C3)cc2)S(=O)(=O)c2ccc(C)cc2)c1. The number of hydrogen-bond acceptors (Lipinski definition) is 6. The zero-order chi connectivity index (χ0) is 28.9. The van der Waals surface area contributed by atoms with Crippen molar-refractivity contribution in [3.8, 4) is 11.5 Å². The first kappa shape index (κ1) is 29.3. The van der Waals surface area contributed by atoms with Gasteiger partial charge in [-0.3, -0.25) is 9.10 Å². The number of benzene rings is 3. The molecule has 1 N–H and O–H groups in total. The maximum atomic E-state index is 13.9. The highest BCUT2D eigenvalue weighted by molar-refractivity contribution is 7.92. The van der Waals surface area contributed by atoms with Gasteiger partial charge in [-0.15, -0.1) is 0 Å². The first-order chi connectivity index (χ1) is 19.1. The van der Waals surface area contributed by atoms with E-state index in [9.17, 15) is 13.2 Å². The molecule has 0 aromatic heterocycles. The number of nitrogens with zero attached hydrogens (tertiary/aromatic N) is 2. The van der Waals surface area contributed by atoms with E-state index in [1.54, 1.807) is 30.3 Å². The molecular weight excluding hydrogens is 526 g/mol. The quantitative estimate of drug-likeness (QED) is 0.358. The number of methoxy groups -OCH3 is 2. The first-order valence-electron chi connectivity index (χ1n) is 13.6. The molecule has 2 unspecified atom stereocenters. The Hall–Kier alpha value is -3.72. The van der Waals surface area contributed by atoms with Crippen molar-refractivity contribution in [2.45, 2.75) is 44.6 Å². The smallest absolute Gasteiger partial charge is 0.264 e. The maximum Gasteiger partial charge on any atom is 0.264 e. The highest BCUT2D eigenvalue weighted by Gasteiger charge is 2.30. The normalized spacial score (nSPS) is 16.2. The van der Waals surface area contributed by atoms with E-state index >= 15 is 0 Å².